The van der Waals surface area contributed by atoms with Gasteiger partial charge in [0.1, 0.15) is 11.3 Å². The van der Waals surface area contributed by atoms with Crippen LogP contribution in [0.2, 0.25) is 0 Å². The number of aliphatic hydroxyl groups is 1. The molecule has 11 heteroatoms. The SMILES string of the molecule is COc1ccc(CNc2nc3c4c(ccc3c3nc(CCO)nn23)OC(F)(F)O4)c(C)c1. The molecule has 1 aliphatic rings. The smallest absolute Gasteiger partial charge is 0.497 e. The van der Waals surface area contributed by atoms with Crippen molar-refractivity contribution in [1.29, 1.82) is 0 Å². The molecule has 0 bridgehead atoms. The number of benzene rings is 2. The third kappa shape index (κ3) is 3.40. The van der Waals surface area contributed by atoms with E-state index in [9.17, 15) is 13.9 Å². The van der Waals surface area contributed by atoms with E-state index >= 15 is 0 Å². The normalized spacial score (nSPS) is 14.3. The van der Waals surface area contributed by atoms with Crippen LogP contribution in [0.25, 0.3) is 16.6 Å². The van der Waals surface area contributed by atoms with Crippen LogP contribution in [-0.2, 0) is 13.0 Å². The second-order valence-electron chi connectivity index (χ2n) is 7.27. The number of anilines is 1. The maximum atomic E-state index is 13.7. The molecule has 0 atom stereocenters. The Morgan fingerprint density at radius 3 is 2.78 bits per heavy atom. The maximum Gasteiger partial charge on any atom is 0.586 e. The summed E-state index contributed by atoms with van der Waals surface area (Å²) < 4.78 is 43.4. The summed E-state index contributed by atoms with van der Waals surface area (Å²) in [5.41, 5.74) is 2.56. The number of halogens is 2. The van der Waals surface area contributed by atoms with Crippen LogP contribution in [0, 0.1) is 6.92 Å². The quantitative estimate of drug-likeness (QED) is 0.469. The number of ether oxygens (including phenoxy) is 3. The molecule has 2 N–H and O–H groups in total. The monoisotopic (exact) mass is 443 g/mol. The Morgan fingerprint density at radius 1 is 1.19 bits per heavy atom. The predicted octanol–water partition coefficient (Wildman–Crippen LogP) is 3.06. The van der Waals surface area contributed by atoms with Crippen molar-refractivity contribution in [2.75, 3.05) is 19.0 Å². The zero-order chi connectivity index (χ0) is 22.5. The minimum absolute atomic E-state index is 0.105. The highest BCUT2D eigenvalue weighted by Gasteiger charge is 2.45. The van der Waals surface area contributed by atoms with Crippen molar-refractivity contribution >= 4 is 22.5 Å². The van der Waals surface area contributed by atoms with Crippen molar-refractivity contribution in [1.82, 2.24) is 19.6 Å². The van der Waals surface area contributed by atoms with E-state index in [1.165, 1.54) is 10.6 Å². The molecule has 166 valence electrons. The second kappa shape index (κ2) is 7.45. The second-order valence-corrected chi connectivity index (χ2v) is 7.27. The average molecular weight is 443 g/mol. The highest BCUT2D eigenvalue weighted by molar-refractivity contribution is 5.97. The third-order valence-electron chi connectivity index (χ3n) is 5.18. The van der Waals surface area contributed by atoms with Crippen molar-refractivity contribution in [2.24, 2.45) is 0 Å². The third-order valence-corrected chi connectivity index (χ3v) is 5.18. The topological polar surface area (TPSA) is 103 Å². The summed E-state index contributed by atoms with van der Waals surface area (Å²) in [4.78, 5) is 8.98. The molecule has 0 saturated carbocycles. The lowest BCUT2D eigenvalue weighted by molar-refractivity contribution is -0.286. The summed E-state index contributed by atoms with van der Waals surface area (Å²) in [6, 6.07) is 8.65. The first-order chi connectivity index (χ1) is 15.4. The number of nitrogens with one attached hydrogen (secondary N) is 1. The van der Waals surface area contributed by atoms with Gasteiger partial charge in [-0.15, -0.1) is 13.9 Å². The molecular formula is C21H19F2N5O4. The summed E-state index contributed by atoms with van der Waals surface area (Å²) in [5.74, 6) is 1.16. The number of alkyl halides is 2. The molecule has 0 amide bonds. The molecule has 9 nitrogen and oxygen atoms in total. The van der Waals surface area contributed by atoms with E-state index in [0.29, 0.717) is 23.4 Å². The molecule has 4 aromatic rings. The molecule has 0 spiro atoms. The molecule has 0 aliphatic carbocycles. The molecule has 0 radical (unpaired) electrons. The number of aryl methyl sites for hydroxylation is 1. The van der Waals surface area contributed by atoms with Crippen molar-refractivity contribution in [3.8, 4) is 17.2 Å². The summed E-state index contributed by atoms with van der Waals surface area (Å²) in [5, 5.41) is 17.4. The Morgan fingerprint density at radius 2 is 2.03 bits per heavy atom. The lowest BCUT2D eigenvalue weighted by Gasteiger charge is -2.12. The lowest BCUT2D eigenvalue weighted by Crippen LogP contribution is -2.26. The van der Waals surface area contributed by atoms with Crippen LogP contribution >= 0.6 is 0 Å². The minimum atomic E-state index is -3.77. The van der Waals surface area contributed by atoms with Gasteiger partial charge in [-0.25, -0.2) is 9.97 Å². The fourth-order valence-electron chi connectivity index (χ4n) is 3.61. The van der Waals surface area contributed by atoms with E-state index in [1.807, 2.05) is 25.1 Å². The Kier molecular flexibility index (Phi) is 4.70. The lowest BCUT2D eigenvalue weighted by atomic mass is 10.1. The van der Waals surface area contributed by atoms with Gasteiger partial charge < -0.3 is 24.6 Å². The summed E-state index contributed by atoms with van der Waals surface area (Å²) in [6.45, 7) is 2.22. The Bertz CT molecular complexity index is 1340. The summed E-state index contributed by atoms with van der Waals surface area (Å²) >= 11 is 0. The molecule has 0 unspecified atom stereocenters. The zero-order valence-electron chi connectivity index (χ0n) is 17.2. The molecule has 3 heterocycles. The number of hydrogen-bond acceptors (Lipinski definition) is 8. The number of fused-ring (bicyclic) bond motifs is 5. The highest BCUT2D eigenvalue weighted by atomic mass is 19.3. The predicted molar refractivity (Wildman–Crippen MR) is 110 cm³/mol. The number of rotatable bonds is 6. The van der Waals surface area contributed by atoms with E-state index < -0.39 is 6.29 Å². The average Bonchev–Trinajstić information content (AvgIpc) is 3.32. The van der Waals surface area contributed by atoms with Gasteiger partial charge in [-0.3, -0.25) is 0 Å². The Labute approximate surface area is 180 Å². The van der Waals surface area contributed by atoms with Crippen molar-refractivity contribution in [3.05, 3.63) is 47.3 Å². The number of hydrogen-bond donors (Lipinski definition) is 2. The van der Waals surface area contributed by atoms with Crippen molar-refractivity contribution < 1.29 is 28.1 Å². The van der Waals surface area contributed by atoms with E-state index in [2.05, 4.69) is 25.1 Å². The first kappa shape index (κ1) is 20.2. The van der Waals surface area contributed by atoms with Crippen LogP contribution in [-0.4, -0.2) is 44.7 Å². The molecule has 1 aliphatic heterocycles. The minimum Gasteiger partial charge on any atom is -0.497 e. The van der Waals surface area contributed by atoms with Gasteiger partial charge >= 0.3 is 6.29 Å². The molecule has 32 heavy (non-hydrogen) atoms. The van der Waals surface area contributed by atoms with Gasteiger partial charge in [-0.05, 0) is 42.3 Å². The molecule has 0 fully saturated rings. The molecule has 5 rings (SSSR count). The van der Waals surface area contributed by atoms with Crippen molar-refractivity contribution in [2.45, 2.75) is 26.2 Å². The van der Waals surface area contributed by atoms with Crippen LogP contribution in [0.5, 0.6) is 17.2 Å². The zero-order valence-corrected chi connectivity index (χ0v) is 17.2. The van der Waals surface area contributed by atoms with E-state index in [4.69, 9.17) is 9.47 Å². The number of nitrogens with zero attached hydrogens (tertiary/aromatic N) is 4. The molecule has 2 aromatic carbocycles. The van der Waals surface area contributed by atoms with Gasteiger partial charge in [0.25, 0.3) is 0 Å². The van der Waals surface area contributed by atoms with Gasteiger partial charge in [-0.2, -0.15) is 4.52 Å². The Balaban J connectivity index is 1.61. The van der Waals surface area contributed by atoms with Gasteiger partial charge in [0.05, 0.1) is 13.7 Å². The molecular weight excluding hydrogens is 424 g/mol. The van der Waals surface area contributed by atoms with Gasteiger partial charge in [0, 0.05) is 18.4 Å². The summed E-state index contributed by atoms with van der Waals surface area (Å²) in [6.07, 6.45) is -3.53. The fraction of sp³-hybridized carbons (Fsp3) is 0.286. The summed E-state index contributed by atoms with van der Waals surface area (Å²) in [7, 11) is 1.60. The number of aliphatic hydroxyl groups excluding tert-OH is 1. The maximum absolute atomic E-state index is 13.7. The largest absolute Gasteiger partial charge is 0.586 e. The van der Waals surface area contributed by atoms with Crippen LogP contribution in [0.3, 0.4) is 0 Å². The van der Waals surface area contributed by atoms with Gasteiger partial charge in [0.2, 0.25) is 5.95 Å². The molecule has 0 saturated heterocycles. The van der Waals surface area contributed by atoms with E-state index in [-0.39, 0.29) is 36.0 Å². The van der Waals surface area contributed by atoms with Crippen LogP contribution in [0.15, 0.2) is 30.3 Å². The van der Waals surface area contributed by atoms with Crippen LogP contribution in [0.4, 0.5) is 14.7 Å². The number of aromatic nitrogens is 4. The fourth-order valence-corrected chi connectivity index (χ4v) is 3.61. The van der Waals surface area contributed by atoms with Crippen LogP contribution in [0.1, 0.15) is 17.0 Å². The first-order valence-electron chi connectivity index (χ1n) is 9.85. The first-order valence-corrected chi connectivity index (χ1v) is 9.85. The molecule has 2 aromatic heterocycles. The van der Waals surface area contributed by atoms with Gasteiger partial charge in [-0.1, -0.05) is 6.07 Å². The van der Waals surface area contributed by atoms with E-state index in [0.717, 1.165) is 16.9 Å². The number of methoxy groups -OCH3 is 1. The van der Waals surface area contributed by atoms with Gasteiger partial charge in [0.15, 0.2) is 23.0 Å². The van der Waals surface area contributed by atoms with Crippen molar-refractivity contribution in [3.63, 3.8) is 0 Å². The van der Waals surface area contributed by atoms with E-state index in [1.54, 1.807) is 13.2 Å². The van der Waals surface area contributed by atoms with Crippen LogP contribution < -0.4 is 19.5 Å². The highest BCUT2D eigenvalue weighted by Crippen LogP contribution is 2.45. The Hall–Kier alpha value is -3.73. The standard InChI is InChI=1S/C21H19F2N5O4/c1-11-9-13(30-2)4-3-12(11)10-24-20-26-17-14(19-25-16(7-8-29)27-28(19)20)5-6-15-18(17)32-21(22,23)31-15/h3-6,9,29H,7-8,10H2,1-2H3,(H,24,26).